The molecule has 0 aliphatic carbocycles. The van der Waals surface area contributed by atoms with Crippen LogP contribution in [0, 0.1) is 3.57 Å². The van der Waals surface area contributed by atoms with E-state index < -0.39 is 0 Å². The molecule has 1 aromatic heterocycles. The number of anilines is 1. The third kappa shape index (κ3) is 2.15. The van der Waals surface area contributed by atoms with E-state index in [1.807, 2.05) is 18.2 Å². The molecule has 0 amide bonds. The molecule has 0 unspecified atom stereocenters. The molecule has 4 nitrogen and oxygen atoms in total. The molecule has 2 N–H and O–H groups in total. The highest BCUT2D eigenvalue weighted by atomic mass is 127. The minimum Gasteiger partial charge on any atom is -0.368 e. The van der Waals surface area contributed by atoms with Gasteiger partial charge in [-0.05, 0) is 40.8 Å². The van der Waals surface area contributed by atoms with E-state index in [0.717, 1.165) is 13.6 Å². The summed E-state index contributed by atoms with van der Waals surface area (Å²) in [5.74, 6) is 1.05. The first kappa shape index (κ1) is 10.9. The first-order chi connectivity index (χ1) is 7.08. The fraction of sp³-hybridized carbons (Fsp3) is 0.111. The summed E-state index contributed by atoms with van der Waals surface area (Å²) in [7, 11) is 1.77. The summed E-state index contributed by atoms with van der Waals surface area (Å²) in [5.41, 5.74) is 6.59. The molecule has 0 fully saturated rings. The molecule has 0 atom stereocenters. The molecule has 1 aromatic carbocycles. The zero-order valence-electron chi connectivity index (χ0n) is 7.91. The number of halogens is 2. The van der Waals surface area contributed by atoms with E-state index in [4.69, 9.17) is 5.73 Å². The summed E-state index contributed by atoms with van der Waals surface area (Å²) in [5, 5.41) is 4.23. The van der Waals surface area contributed by atoms with Gasteiger partial charge < -0.3 is 5.73 Å². The van der Waals surface area contributed by atoms with Crippen molar-refractivity contribution in [3.05, 3.63) is 26.2 Å². The van der Waals surface area contributed by atoms with Crippen molar-refractivity contribution in [3.63, 3.8) is 0 Å². The van der Waals surface area contributed by atoms with E-state index in [0.29, 0.717) is 11.8 Å². The number of aromatic nitrogens is 3. The largest absolute Gasteiger partial charge is 0.368 e. The molecular formula is C9H8BrIN4. The van der Waals surface area contributed by atoms with E-state index >= 15 is 0 Å². The third-order valence-corrected chi connectivity index (χ3v) is 3.33. The van der Waals surface area contributed by atoms with Crippen molar-refractivity contribution in [2.45, 2.75) is 0 Å². The van der Waals surface area contributed by atoms with Crippen LogP contribution in [0.5, 0.6) is 0 Å². The number of aryl methyl sites for hydroxylation is 1. The van der Waals surface area contributed by atoms with E-state index in [2.05, 4.69) is 48.6 Å². The minimum atomic E-state index is 0.413. The molecule has 0 aliphatic heterocycles. The van der Waals surface area contributed by atoms with Crippen molar-refractivity contribution in [1.82, 2.24) is 14.8 Å². The van der Waals surface area contributed by atoms with Crippen LogP contribution < -0.4 is 5.73 Å². The highest BCUT2D eigenvalue weighted by molar-refractivity contribution is 14.1. The predicted octanol–water partition coefficient (Wildman–Crippen LogP) is 2.43. The second kappa shape index (κ2) is 4.09. The zero-order chi connectivity index (χ0) is 11.0. The Kier molecular flexibility index (Phi) is 2.96. The fourth-order valence-corrected chi connectivity index (χ4v) is 2.09. The summed E-state index contributed by atoms with van der Waals surface area (Å²) in [6.07, 6.45) is 0. The lowest BCUT2D eigenvalue weighted by Crippen LogP contribution is -1.97. The molecule has 78 valence electrons. The average Bonchev–Trinajstić information content (AvgIpc) is 2.51. The van der Waals surface area contributed by atoms with Crippen molar-refractivity contribution in [3.8, 4) is 11.4 Å². The topological polar surface area (TPSA) is 56.7 Å². The number of benzene rings is 1. The Labute approximate surface area is 109 Å². The normalized spacial score (nSPS) is 10.6. The van der Waals surface area contributed by atoms with Crippen LogP contribution in [0.4, 0.5) is 5.95 Å². The van der Waals surface area contributed by atoms with Crippen LogP contribution in [0.2, 0.25) is 0 Å². The maximum Gasteiger partial charge on any atom is 0.218 e. The molecule has 0 spiro atoms. The van der Waals surface area contributed by atoms with E-state index in [9.17, 15) is 0 Å². The molecule has 0 saturated carbocycles. The lowest BCUT2D eigenvalue weighted by molar-refractivity contribution is 0.781. The van der Waals surface area contributed by atoms with Crippen LogP contribution in [-0.4, -0.2) is 14.8 Å². The molecule has 0 radical (unpaired) electrons. The highest BCUT2D eigenvalue weighted by Gasteiger charge is 2.10. The molecule has 1 heterocycles. The molecule has 0 bridgehead atoms. The Morgan fingerprint density at radius 2 is 2.20 bits per heavy atom. The van der Waals surface area contributed by atoms with Crippen LogP contribution in [0.3, 0.4) is 0 Å². The Morgan fingerprint density at radius 3 is 2.80 bits per heavy atom. The summed E-state index contributed by atoms with van der Waals surface area (Å²) < 4.78 is 3.66. The third-order valence-electron chi connectivity index (χ3n) is 1.97. The van der Waals surface area contributed by atoms with Crippen LogP contribution in [0.25, 0.3) is 11.4 Å². The van der Waals surface area contributed by atoms with E-state index in [1.54, 1.807) is 11.7 Å². The van der Waals surface area contributed by atoms with Crippen molar-refractivity contribution < 1.29 is 0 Å². The van der Waals surface area contributed by atoms with Crippen LogP contribution >= 0.6 is 38.5 Å². The molecular weight excluding hydrogens is 371 g/mol. The first-order valence-corrected chi connectivity index (χ1v) is 6.07. The maximum absolute atomic E-state index is 5.64. The zero-order valence-corrected chi connectivity index (χ0v) is 11.7. The predicted molar refractivity (Wildman–Crippen MR) is 71.3 cm³/mol. The van der Waals surface area contributed by atoms with Crippen molar-refractivity contribution in [2.24, 2.45) is 7.05 Å². The van der Waals surface area contributed by atoms with Crippen molar-refractivity contribution in [1.29, 1.82) is 0 Å². The SMILES string of the molecule is Cn1nc(-c2cc(I)ccc2Br)nc1N. The molecule has 0 saturated heterocycles. The lowest BCUT2D eigenvalue weighted by atomic mass is 10.2. The lowest BCUT2D eigenvalue weighted by Gasteiger charge is -1.99. The monoisotopic (exact) mass is 378 g/mol. The highest BCUT2D eigenvalue weighted by Crippen LogP contribution is 2.27. The summed E-state index contributed by atoms with van der Waals surface area (Å²) in [6.45, 7) is 0. The van der Waals surface area contributed by atoms with Crippen LogP contribution in [-0.2, 0) is 7.05 Å². The Balaban J connectivity index is 2.58. The Morgan fingerprint density at radius 1 is 1.47 bits per heavy atom. The van der Waals surface area contributed by atoms with Crippen molar-refractivity contribution in [2.75, 3.05) is 5.73 Å². The maximum atomic E-state index is 5.64. The van der Waals surface area contributed by atoms with Gasteiger partial charge in [-0.15, -0.1) is 5.10 Å². The Hall–Kier alpha value is -0.630. The van der Waals surface area contributed by atoms with Gasteiger partial charge in [0.25, 0.3) is 0 Å². The molecule has 15 heavy (non-hydrogen) atoms. The Bertz CT molecular complexity index is 489. The first-order valence-electron chi connectivity index (χ1n) is 4.20. The van der Waals surface area contributed by atoms with Gasteiger partial charge in [0.2, 0.25) is 5.95 Å². The van der Waals surface area contributed by atoms with Gasteiger partial charge in [-0.1, -0.05) is 15.9 Å². The molecule has 2 aromatic rings. The number of rotatable bonds is 1. The van der Waals surface area contributed by atoms with Crippen LogP contribution in [0.1, 0.15) is 0 Å². The number of hydrogen-bond acceptors (Lipinski definition) is 3. The molecule has 6 heteroatoms. The van der Waals surface area contributed by atoms with Gasteiger partial charge in [0, 0.05) is 20.7 Å². The van der Waals surface area contributed by atoms with E-state index in [-0.39, 0.29) is 0 Å². The van der Waals surface area contributed by atoms with E-state index in [1.165, 1.54) is 0 Å². The standard InChI is InChI=1S/C9H8BrIN4/c1-15-9(12)13-8(14-15)6-4-5(11)2-3-7(6)10/h2-4H,1H3,(H2,12,13,14). The van der Waals surface area contributed by atoms with Gasteiger partial charge in [0.15, 0.2) is 5.82 Å². The van der Waals surface area contributed by atoms with Crippen molar-refractivity contribution >= 4 is 44.5 Å². The summed E-state index contributed by atoms with van der Waals surface area (Å²) >= 11 is 5.72. The summed E-state index contributed by atoms with van der Waals surface area (Å²) in [6, 6.07) is 6.00. The molecule has 0 aliphatic rings. The second-order valence-electron chi connectivity index (χ2n) is 3.04. The van der Waals surface area contributed by atoms with Gasteiger partial charge in [0.1, 0.15) is 0 Å². The number of nitrogen functional groups attached to an aromatic ring is 1. The quantitative estimate of drug-likeness (QED) is 0.775. The van der Waals surface area contributed by atoms with Gasteiger partial charge in [-0.2, -0.15) is 4.98 Å². The number of hydrogen-bond donors (Lipinski definition) is 1. The second-order valence-corrected chi connectivity index (χ2v) is 5.14. The van der Waals surface area contributed by atoms with Gasteiger partial charge in [-0.25, -0.2) is 4.68 Å². The number of nitrogens with zero attached hydrogens (tertiary/aromatic N) is 3. The average molecular weight is 379 g/mol. The summed E-state index contributed by atoms with van der Waals surface area (Å²) in [4.78, 5) is 4.18. The van der Waals surface area contributed by atoms with Gasteiger partial charge in [0.05, 0.1) is 0 Å². The smallest absolute Gasteiger partial charge is 0.218 e. The number of nitrogens with two attached hydrogens (primary N) is 1. The van der Waals surface area contributed by atoms with Gasteiger partial charge in [-0.3, -0.25) is 0 Å². The fourth-order valence-electron chi connectivity index (χ4n) is 1.18. The van der Waals surface area contributed by atoms with Gasteiger partial charge >= 0.3 is 0 Å². The minimum absolute atomic E-state index is 0.413. The molecule has 2 rings (SSSR count). The van der Waals surface area contributed by atoms with Crippen LogP contribution in [0.15, 0.2) is 22.7 Å².